The number of anilines is 2. The van der Waals surface area contributed by atoms with Gasteiger partial charge in [-0.15, -0.1) is 0 Å². The van der Waals surface area contributed by atoms with Crippen LogP contribution in [0.4, 0.5) is 11.6 Å². The van der Waals surface area contributed by atoms with Crippen molar-refractivity contribution in [3.05, 3.63) is 11.4 Å². The highest BCUT2D eigenvalue weighted by atomic mass is 16.3. The van der Waals surface area contributed by atoms with E-state index >= 15 is 0 Å². The number of aryl methyl sites for hydroxylation is 1. The number of aliphatic hydroxyl groups excluding tert-OH is 1. The summed E-state index contributed by atoms with van der Waals surface area (Å²) in [6.45, 7) is 6.56. The zero-order valence-electron chi connectivity index (χ0n) is 11.8. The van der Waals surface area contributed by atoms with E-state index in [1.54, 1.807) is 6.92 Å². The summed E-state index contributed by atoms with van der Waals surface area (Å²) in [7, 11) is 1.97. The Morgan fingerprint density at radius 2 is 2.06 bits per heavy atom. The number of hydrogen-bond donors (Lipinski definition) is 2. The standard InChI is InChI=1S/C13H24N4O/c1-5-6-11-15-12(14)10(3)13(16-11)17(4)8-7-9(2)18/h9,18H,5-8H2,1-4H3,(H2,14,15,16). The molecule has 1 heterocycles. The van der Waals surface area contributed by atoms with Gasteiger partial charge in [-0.05, 0) is 26.7 Å². The van der Waals surface area contributed by atoms with Crippen LogP contribution in [0, 0.1) is 6.92 Å². The number of nitrogen functional groups attached to an aromatic ring is 1. The Labute approximate surface area is 109 Å². The fourth-order valence-electron chi connectivity index (χ4n) is 1.76. The molecule has 1 unspecified atom stereocenters. The maximum atomic E-state index is 9.33. The molecule has 0 bridgehead atoms. The van der Waals surface area contributed by atoms with Crippen molar-refractivity contribution < 1.29 is 5.11 Å². The van der Waals surface area contributed by atoms with E-state index in [1.807, 2.05) is 18.9 Å². The summed E-state index contributed by atoms with van der Waals surface area (Å²) in [5.74, 6) is 2.21. The molecule has 0 saturated carbocycles. The normalized spacial score (nSPS) is 12.5. The number of nitrogens with zero attached hydrogens (tertiary/aromatic N) is 3. The highest BCUT2D eigenvalue weighted by molar-refractivity contribution is 5.56. The second-order valence-corrected chi connectivity index (χ2v) is 4.78. The van der Waals surface area contributed by atoms with E-state index < -0.39 is 0 Å². The minimum atomic E-state index is -0.304. The van der Waals surface area contributed by atoms with Gasteiger partial charge in [0.25, 0.3) is 0 Å². The van der Waals surface area contributed by atoms with Gasteiger partial charge in [-0.3, -0.25) is 0 Å². The molecule has 0 aromatic carbocycles. The Bertz CT molecular complexity index is 393. The second kappa shape index (κ2) is 6.54. The van der Waals surface area contributed by atoms with Crippen molar-refractivity contribution >= 4 is 11.6 Å². The van der Waals surface area contributed by atoms with E-state index in [2.05, 4.69) is 16.9 Å². The average Bonchev–Trinajstić information content (AvgIpc) is 2.30. The highest BCUT2D eigenvalue weighted by Gasteiger charge is 2.12. The molecular formula is C13H24N4O. The molecule has 0 aliphatic rings. The van der Waals surface area contributed by atoms with Crippen LogP contribution < -0.4 is 10.6 Å². The van der Waals surface area contributed by atoms with Gasteiger partial charge >= 0.3 is 0 Å². The van der Waals surface area contributed by atoms with E-state index in [4.69, 9.17) is 5.73 Å². The minimum Gasteiger partial charge on any atom is -0.393 e. The van der Waals surface area contributed by atoms with Crippen LogP contribution in [0.3, 0.4) is 0 Å². The van der Waals surface area contributed by atoms with Crippen molar-refractivity contribution in [2.45, 2.75) is 46.1 Å². The van der Waals surface area contributed by atoms with Crippen LogP contribution >= 0.6 is 0 Å². The number of hydrogen-bond acceptors (Lipinski definition) is 5. The van der Waals surface area contributed by atoms with Crippen molar-refractivity contribution in [1.82, 2.24) is 9.97 Å². The molecule has 3 N–H and O–H groups in total. The van der Waals surface area contributed by atoms with E-state index in [-0.39, 0.29) is 6.10 Å². The summed E-state index contributed by atoms with van der Waals surface area (Å²) >= 11 is 0. The molecule has 5 heteroatoms. The first-order valence-corrected chi connectivity index (χ1v) is 6.47. The summed E-state index contributed by atoms with van der Waals surface area (Å²) in [5, 5.41) is 9.33. The zero-order valence-corrected chi connectivity index (χ0v) is 11.8. The first-order chi connectivity index (χ1) is 8.45. The fourth-order valence-corrected chi connectivity index (χ4v) is 1.76. The van der Waals surface area contributed by atoms with Crippen molar-refractivity contribution in [1.29, 1.82) is 0 Å². The molecule has 0 fully saturated rings. The molecule has 0 aliphatic heterocycles. The molecular weight excluding hydrogens is 228 g/mol. The molecule has 102 valence electrons. The van der Waals surface area contributed by atoms with Crippen LogP contribution in [-0.2, 0) is 6.42 Å². The summed E-state index contributed by atoms with van der Waals surface area (Å²) in [6, 6.07) is 0. The molecule has 1 aromatic rings. The predicted molar refractivity (Wildman–Crippen MR) is 74.7 cm³/mol. The van der Waals surface area contributed by atoms with Crippen LogP contribution in [0.1, 0.15) is 38.1 Å². The van der Waals surface area contributed by atoms with E-state index in [0.717, 1.165) is 36.6 Å². The number of nitrogens with two attached hydrogens (primary N) is 1. The van der Waals surface area contributed by atoms with E-state index in [1.165, 1.54) is 0 Å². The van der Waals surface area contributed by atoms with Crippen molar-refractivity contribution in [2.75, 3.05) is 24.2 Å². The van der Waals surface area contributed by atoms with Gasteiger partial charge in [0.2, 0.25) is 0 Å². The van der Waals surface area contributed by atoms with Crippen molar-refractivity contribution in [2.24, 2.45) is 0 Å². The van der Waals surface area contributed by atoms with Gasteiger partial charge < -0.3 is 15.7 Å². The van der Waals surface area contributed by atoms with E-state index in [0.29, 0.717) is 12.2 Å². The molecule has 0 saturated heterocycles. The van der Waals surface area contributed by atoms with Crippen LogP contribution in [0.15, 0.2) is 0 Å². The fraction of sp³-hybridized carbons (Fsp3) is 0.692. The summed E-state index contributed by atoms with van der Waals surface area (Å²) in [4.78, 5) is 10.9. The van der Waals surface area contributed by atoms with Gasteiger partial charge in [-0.25, -0.2) is 9.97 Å². The number of aromatic nitrogens is 2. The van der Waals surface area contributed by atoms with Gasteiger partial charge in [0.1, 0.15) is 17.5 Å². The minimum absolute atomic E-state index is 0.304. The monoisotopic (exact) mass is 252 g/mol. The average molecular weight is 252 g/mol. The summed E-state index contributed by atoms with van der Waals surface area (Å²) in [5.41, 5.74) is 6.82. The lowest BCUT2D eigenvalue weighted by molar-refractivity contribution is 0.187. The third-order valence-electron chi connectivity index (χ3n) is 2.92. The molecule has 0 aliphatic carbocycles. The molecule has 0 amide bonds. The Balaban J connectivity index is 2.91. The first kappa shape index (κ1) is 14.7. The van der Waals surface area contributed by atoms with Crippen LogP contribution in [0.2, 0.25) is 0 Å². The summed E-state index contributed by atoms with van der Waals surface area (Å²) in [6.07, 6.45) is 2.24. The molecule has 5 nitrogen and oxygen atoms in total. The molecule has 0 spiro atoms. The largest absolute Gasteiger partial charge is 0.393 e. The SMILES string of the molecule is CCCc1nc(N)c(C)c(N(C)CCC(C)O)n1. The smallest absolute Gasteiger partial charge is 0.137 e. The van der Waals surface area contributed by atoms with Gasteiger partial charge in [0.15, 0.2) is 0 Å². The molecule has 0 radical (unpaired) electrons. The Morgan fingerprint density at radius 1 is 1.39 bits per heavy atom. The number of aliphatic hydroxyl groups is 1. The summed E-state index contributed by atoms with van der Waals surface area (Å²) < 4.78 is 0. The Morgan fingerprint density at radius 3 is 2.61 bits per heavy atom. The quantitative estimate of drug-likeness (QED) is 0.803. The lowest BCUT2D eigenvalue weighted by Gasteiger charge is -2.22. The second-order valence-electron chi connectivity index (χ2n) is 4.78. The maximum absolute atomic E-state index is 9.33. The lowest BCUT2D eigenvalue weighted by Crippen LogP contribution is -2.24. The van der Waals surface area contributed by atoms with E-state index in [9.17, 15) is 5.11 Å². The van der Waals surface area contributed by atoms with Crippen LogP contribution in [0.25, 0.3) is 0 Å². The van der Waals surface area contributed by atoms with Crippen molar-refractivity contribution in [3.8, 4) is 0 Å². The molecule has 1 rings (SSSR count). The maximum Gasteiger partial charge on any atom is 0.137 e. The topological polar surface area (TPSA) is 75.3 Å². The molecule has 1 atom stereocenters. The lowest BCUT2D eigenvalue weighted by atomic mass is 10.2. The molecule has 18 heavy (non-hydrogen) atoms. The third kappa shape index (κ3) is 3.84. The first-order valence-electron chi connectivity index (χ1n) is 6.47. The Kier molecular flexibility index (Phi) is 5.34. The third-order valence-corrected chi connectivity index (χ3v) is 2.92. The van der Waals surface area contributed by atoms with Gasteiger partial charge in [0, 0.05) is 25.6 Å². The highest BCUT2D eigenvalue weighted by Crippen LogP contribution is 2.21. The Hall–Kier alpha value is -1.36. The van der Waals surface area contributed by atoms with Gasteiger partial charge in [-0.1, -0.05) is 6.92 Å². The predicted octanol–water partition coefficient (Wildman–Crippen LogP) is 1.53. The van der Waals surface area contributed by atoms with Crippen LogP contribution in [-0.4, -0.2) is 34.8 Å². The molecule has 1 aromatic heterocycles. The van der Waals surface area contributed by atoms with Gasteiger partial charge in [-0.2, -0.15) is 0 Å². The van der Waals surface area contributed by atoms with Crippen molar-refractivity contribution in [3.63, 3.8) is 0 Å². The van der Waals surface area contributed by atoms with Crippen LogP contribution in [0.5, 0.6) is 0 Å². The zero-order chi connectivity index (χ0) is 13.7. The number of rotatable bonds is 6. The van der Waals surface area contributed by atoms with Gasteiger partial charge in [0.05, 0.1) is 6.10 Å².